The van der Waals surface area contributed by atoms with Crippen LogP contribution in [0.25, 0.3) is 0 Å². The first kappa shape index (κ1) is 19.4. The van der Waals surface area contributed by atoms with Crippen molar-refractivity contribution in [3.63, 3.8) is 0 Å². The van der Waals surface area contributed by atoms with Crippen LogP contribution in [0.15, 0.2) is 47.4 Å². The van der Waals surface area contributed by atoms with Gasteiger partial charge in [-0.1, -0.05) is 6.07 Å². The van der Waals surface area contributed by atoms with Gasteiger partial charge in [-0.3, -0.25) is 9.52 Å². The summed E-state index contributed by atoms with van der Waals surface area (Å²) in [6.07, 6.45) is -1.15. The molecule has 2 aromatic rings. The topological polar surface area (TPSA) is 116 Å². The molecule has 0 saturated carbocycles. The molecule has 2 aromatic carbocycles. The van der Waals surface area contributed by atoms with Crippen LogP contribution in [-0.4, -0.2) is 26.4 Å². The number of hydrogen-bond donors (Lipinski definition) is 2. The number of aryl methyl sites for hydroxylation is 1. The first-order valence-corrected chi connectivity index (χ1v) is 8.98. The van der Waals surface area contributed by atoms with Crippen LogP contribution in [0.2, 0.25) is 0 Å². The molecular formula is C17H17FN2O5S. The fourth-order valence-electron chi connectivity index (χ4n) is 2.00. The van der Waals surface area contributed by atoms with Crippen molar-refractivity contribution in [2.45, 2.75) is 24.8 Å². The number of carbonyl (C=O) groups is 2. The van der Waals surface area contributed by atoms with Crippen molar-refractivity contribution in [1.82, 2.24) is 0 Å². The average molecular weight is 380 g/mol. The molecule has 138 valence electrons. The van der Waals surface area contributed by atoms with Gasteiger partial charge in [-0.2, -0.15) is 0 Å². The van der Waals surface area contributed by atoms with Gasteiger partial charge in [-0.15, -0.1) is 0 Å². The first-order valence-electron chi connectivity index (χ1n) is 7.49. The number of ether oxygens (including phenoxy) is 1. The molecule has 7 nitrogen and oxygen atoms in total. The number of nitrogens with one attached hydrogen (secondary N) is 1. The molecule has 2 rings (SSSR count). The summed E-state index contributed by atoms with van der Waals surface area (Å²) < 4.78 is 45.1. The quantitative estimate of drug-likeness (QED) is 0.744. The minimum Gasteiger partial charge on any atom is -0.449 e. The Hall–Kier alpha value is -2.94. The third-order valence-electron chi connectivity index (χ3n) is 3.52. The van der Waals surface area contributed by atoms with E-state index in [0.717, 1.165) is 18.2 Å². The van der Waals surface area contributed by atoms with E-state index in [1.807, 2.05) is 0 Å². The summed E-state index contributed by atoms with van der Waals surface area (Å²) in [6, 6.07) is 8.65. The number of carbonyl (C=O) groups excluding carboxylic acids is 2. The van der Waals surface area contributed by atoms with Gasteiger partial charge in [0, 0.05) is 5.69 Å². The summed E-state index contributed by atoms with van der Waals surface area (Å²) in [7, 11) is -4.02. The maximum Gasteiger partial charge on any atom is 0.339 e. The van der Waals surface area contributed by atoms with E-state index in [2.05, 4.69) is 4.72 Å². The lowest BCUT2D eigenvalue weighted by molar-refractivity contribution is -0.125. The third-order valence-corrected chi connectivity index (χ3v) is 4.90. The Morgan fingerprint density at radius 2 is 1.77 bits per heavy atom. The summed E-state index contributed by atoms with van der Waals surface area (Å²) in [5.41, 5.74) is 5.66. The van der Waals surface area contributed by atoms with Gasteiger partial charge in [0.1, 0.15) is 5.82 Å². The first-order chi connectivity index (χ1) is 12.1. The standard InChI is InChI=1S/C17H17FN2O5S/c1-10-3-8-14(9-15(10)17(22)25-11(2)16(19)21)26(23,24)20-13-6-4-12(18)5-7-13/h3-9,11,20H,1-2H3,(H2,19,21)/t11-/m1/s1. The van der Waals surface area contributed by atoms with Crippen molar-refractivity contribution in [3.8, 4) is 0 Å². The highest BCUT2D eigenvalue weighted by atomic mass is 32.2. The lowest BCUT2D eigenvalue weighted by Gasteiger charge is -2.13. The molecule has 0 fully saturated rings. The number of amides is 1. The van der Waals surface area contributed by atoms with Gasteiger partial charge < -0.3 is 10.5 Å². The van der Waals surface area contributed by atoms with Crippen LogP contribution < -0.4 is 10.5 Å². The fraction of sp³-hybridized carbons (Fsp3) is 0.176. The molecule has 0 heterocycles. The maximum absolute atomic E-state index is 12.9. The summed E-state index contributed by atoms with van der Waals surface area (Å²) in [5.74, 6) is -2.19. The van der Waals surface area contributed by atoms with Crippen LogP contribution in [0.5, 0.6) is 0 Å². The second kappa shape index (κ2) is 7.52. The van der Waals surface area contributed by atoms with Crippen molar-refractivity contribution in [2.75, 3.05) is 4.72 Å². The highest BCUT2D eigenvalue weighted by Gasteiger charge is 2.21. The van der Waals surface area contributed by atoms with Crippen LogP contribution in [0, 0.1) is 12.7 Å². The van der Waals surface area contributed by atoms with E-state index >= 15 is 0 Å². The summed E-state index contributed by atoms with van der Waals surface area (Å²) >= 11 is 0. The van der Waals surface area contributed by atoms with E-state index in [1.165, 1.54) is 31.2 Å². The van der Waals surface area contributed by atoms with Crippen LogP contribution in [0.3, 0.4) is 0 Å². The molecule has 9 heteroatoms. The molecule has 3 N–H and O–H groups in total. The maximum atomic E-state index is 12.9. The SMILES string of the molecule is Cc1ccc(S(=O)(=O)Nc2ccc(F)cc2)cc1C(=O)O[C@H](C)C(N)=O. The average Bonchev–Trinajstić information content (AvgIpc) is 2.56. The molecular weight excluding hydrogens is 363 g/mol. The molecule has 0 bridgehead atoms. The molecule has 26 heavy (non-hydrogen) atoms. The van der Waals surface area contributed by atoms with Crippen molar-refractivity contribution in [3.05, 3.63) is 59.4 Å². The van der Waals surface area contributed by atoms with Crippen LogP contribution in [0.1, 0.15) is 22.8 Å². The van der Waals surface area contributed by atoms with E-state index in [-0.39, 0.29) is 16.1 Å². The highest BCUT2D eigenvalue weighted by molar-refractivity contribution is 7.92. The summed E-state index contributed by atoms with van der Waals surface area (Å²) in [4.78, 5) is 23.0. The summed E-state index contributed by atoms with van der Waals surface area (Å²) in [6.45, 7) is 2.90. The number of hydrogen-bond acceptors (Lipinski definition) is 5. The van der Waals surface area contributed by atoms with Gasteiger partial charge in [0.2, 0.25) is 0 Å². The number of nitrogens with two attached hydrogens (primary N) is 1. The lowest BCUT2D eigenvalue weighted by Crippen LogP contribution is -2.30. The molecule has 0 aliphatic rings. The Morgan fingerprint density at radius 3 is 2.35 bits per heavy atom. The van der Waals surface area contributed by atoms with Crippen molar-refractivity contribution < 1.29 is 27.1 Å². The number of primary amides is 1. The van der Waals surface area contributed by atoms with Crippen molar-refractivity contribution >= 4 is 27.6 Å². The Labute approximate surface area is 150 Å². The van der Waals surface area contributed by atoms with E-state index in [1.54, 1.807) is 6.92 Å². The Bertz CT molecular complexity index is 942. The number of halogens is 1. The molecule has 0 aromatic heterocycles. The Kier molecular flexibility index (Phi) is 5.61. The van der Waals surface area contributed by atoms with Gasteiger partial charge in [-0.25, -0.2) is 17.6 Å². The largest absolute Gasteiger partial charge is 0.449 e. The third kappa shape index (κ3) is 4.57. The van der Waals surface area contributed by atoms with Crippen LogP contribution in [-0.2, 0) is 19.6 Å². The second-order valence-electron chi connectivity index (χ2n) is 5.54. The number of benzene rings is 2. The fourth-order valence-corrected chi connectivity index (χ4v) is 3.09. The zero-order chi connectivity index (χ0) is 19.5. The zero-order valence-corrected chi connectivity index (χ0v) is 14.8. The van der Waals surface area contributed by atoms with Gasteiger partial charge in [0.15, 0.2) is 6.10 Å². The molecule has 0 spiro atoms. The normalized spacial score (nSPS) is 12.3. The van der Waals surface area contributed by atoms with E-state index in [9.17, 15) is 22.4 Å². The van der Waals surface area contributed by atoms with Gasteiger partial charge in [-0.05, 0) is 55.8 Å². The van der Waals surface area contributed by atoms with Gasteiger partial charge >= 0.3 is 5.97 Å². The summed E-state index contributed by atoms with van der Waals surface area (Å²) in [5, 5.41) is 0. The lowest BCUT2D eigenvalue weighted by atomic mass is 10.1. The van der Waals surface area contributed by atoms with Gasteiger partial charge in [0.05, 0.1) is 10.5 Å². The van der Waals surface area contributed by atoms with Crippen molar-refractivity contribution in [1.29, 1.82) is 0 Å². The van der Waals surface area contributed by atoms with E-state index in [0.29, 0.717) is 5.56 Å². The molecule has 0 aliphatic heterocycles. The predicted octanol–water partition coefficient (Wildman–Crippen LogP) is 1.97. The van der Waals surface area contributed by atoms with Gasteiger partial charge in [0.25, 0.3) is 15.9 Å². The molecule has 0 aliphatic carbocycles. The smallest absolute Gasteiger partial charge is 0.339 e. The molecule has 0 unspecified atom stereocenters. The van der Waals surface area contributed by atoms with E-state index in [4.69, 9.17) is 10.5 Å². The van der Waals surface area contributed by atoms with Crippen LogP contribution >= 0.6 is 0 Å². The minimum atomic E-state index is -4.02. The number of anilines is 1. The Balaban J connectivity index is 2.31. The van der Waals surface area contributed by atoms with E-state index < -0.39 is 33.8 Å². The molecule has 1 atom stereocenters. The van der Waals surface area contributed by atoms with Crippen molar-refractivity contribution in [2.24, 2.45) is 5.73 Å². The monoisotopic (exact) mass is 380 g/mol. The van der Waals surface area contributed by atoms with Crippen LogP contribution in [0.4, 0.5) is 10.1 Å². The molecule has 0 radical (unpaired) electrons. The highest BCUT2D eigenvalue weighted by Crippen LogP contribution is 2.20. The zero-order valence-electron chi connectivity index (χ0n) is 14.0. The minimum absolute atomic E-state index is 0.0138. The second-order valence-corrected chi connectivity index (χ2v) is 7.22. The molecule has 0 saturated heterocycles. The number of sulfonamides is 1. The number of rotatable bonds is 6. The Morgan fingerprint density at radius 1 is 1.15 bits per heavy atom. The number of esters is 1. The molecule has 1 amide bonds. The predicted molar refractivity (Wildman–Crippen MR) is 92.5 cm³/mol.